The Morgan fingerprint density at radius 1 is 1.02 bits per heavy atom. The summed E-state index contributed by atoms with van der Waals surface area (Å²) in [6.45, 7) is 0.832. The highest BCUT2D eigenvalue weighted by Crippen LogP contribution is 2.28. The fourth-order valence-electron chi connectivity index (χ4n) is 4.79. The number of hydrogen-bond acceptors (Lipinski definition) is 6. The normalized spacial score (nSPS) is 14.3. The molecule has 1 atom stereocenters. The molecule has 0 aliphatic heterocycles. The van der Waals surface area contributed by atoms with E-state index in [1.54, 1.807) is 49.4 Å². The van der Waals surface area contributed by atoms with Gasteiger partial charge in [0.1, 0.15) is 12.6 Å². The van der Waals surface area contributed by atoms with Gasteiger partial charge in [0.2, 0.25) is 11.8 Å². The van der Waals surface area contributed by atoms with E-state index in [0.29, 0.717) is 10.6 Å². The van der Waals surface area contributed by atoms with Gasteiger partial charge < -0.3 is 10.2 Å². The fraction of sp³-hybridized carbons (Fsp3) is 0.310. The molecule has 2 amide bonds. The van der Waals surface area contributed by atoms with Crippen molar-refractivity contribution in [3.8, 4) is 0 Å². The van der Waals surface area contributed by atoms with Crippen LogP contribution in [0.15, 0.2) is 83.8 Å². The highest BCUT2D eigenvalue weighted by atomic mass is 35.5. The van der Waals surface area contributed by atoms with Crippen molar-refractivity contribution in [2.24, 2.45) is 0 Å². The molecule has 1 fully saturated rings. The van der Waals surface area contributed by atoms with Gasteiger partial charge >= 0.3 is 0 Å². The molecule has 0 bridgehead atoms. The van der Waals surface area contributed by atoms with Crippen LogP contribution in [0.5, 0.6) is 0 Å². The number of hydrogen-bond donors (Lipinski definition) is 1. The monoisotopic (exact) mass is 598 g/mol. The standard InChI is InChI=1S/C29H31ClN4O6S/c1-21(29(36)31-23-11-6-7-12-23)32(19-22-10-5-8-17-27(22)30)28(35)20-33(24-13-9-14-25(18-24)34(37)38)41(39,40)26-15-3-2-4-16-26/h2-5,8-10,13-18,21,23H,6-7,11-12,19-20H2,1H3,(H,31,36)/t21-/m1/s1. The Morgan fingerprint density at radius 2 is 1.68 bits per heavy atom. The Balaban J connectivity index is 1.72. The van der Waals surface area contributed by atoms with E-state index in [1.807, 2.05) is 0 Å². The van der Waals surface area contributed by atoms with Crippen LogP contribution in [0.3, 0.4) is 0 Å². The van der Waals surface area contributed by atoms with Crippen LogP contribution < -0.4 is 9.62 Å². The number of nitro benzene ring substituents is 1. The number of anilines is 1. The maximum Gasteiger partial charge on any atom is 0.271 e. The third-order valence-electron chi connectivity index (χ3n) is 7.11. The highest BCUT2D eigenvalue weighted by molar-refractivity contribution is 7.92. The molecule has 12 heteroatoms. The molecule has 41 heavy (non-hydrogen) atoms. The first-order valence-electron chi connectivity index (χ1n) is 13.2. The van der Waals surface area contributed by atoms with Crippen molar-refractivity contribution in [1.29, 1.82) is 0 Å². The van der Waals surface area contributed by atoms with Crippen LogP contribution >= 0.6 is 11.6 Å². The first kappa shape index (κ1) is 30.0. The van der Waals surface area contributed by atoms with Gasteiger partial charge in [0, 0.05) is 29.7 Å². The number of carbonyl (C=O) groups excluding carboxylic acids is 2. The van der Waals surface area contributed by atoms with Gasteiger partial charge in [-0.25, -0.2) is 8.42 Å². The molecule has 1 saturated carbocycles. The van der Waals surface area contributed by atoms with Crippen molar-refractivity contribution in [3.05, 3.63) is 99.6 Å². The van der Waals surface area contributed by atoms with Crippen LogP contribution in [0.2, 0.25) is 5.02 Å². The van der Waals surface area contributed by atoms with Crippen molar-refractivity contribution in [3.63, 3.8) is 0 Å². The number of rotatable bonds is 11. The smallest absolute Gasteiger partial charge is 0.271 e. The Morgan fingerprint density at radius 3 is 2.34 bits per heavy atom. The maximum atomic E-state index is 14.0. The summed E-state index contributed by atoms with van der Waals surface area (Å²) in [4.78, 5) is 39.3. The van der Waals surface area contributed by atoms with Crippen LogP contribution in [0.1, 0.15) is 38.2 Å². The zero-order valence-electron chi connectivity index (χ0n) is 22.5. The van der Waals surface area contributed by atoms with Crippen molar-refractivity contribution in [1.82, 2.24) is 10.2 Å². The number of carbonyl (C=O) groups is 2. The molecule has 0 spiro atoms. The van der Waals surface area contributed by atoms with E-state index in [-0.39, 0.29) is 34.8 Å². The summed E-state index contributed by atoms with van der Waals surface area (Å²) in [5.41, 5.74) is 0.188. The topological polar surface area (TPSA) is 130 Å². The summed E-state index contributed by atoms with van der Waals surface area (Å²) in [6.07, 6.45) is 3.73. The average Bonchev–Trinajstić information content (AvgIpc) is 3.48. The van der Waals surface area contributed by atoms with Crippen LogP contribution in [0, 0.1) is 10.1 Å². The first-order chi connectivity index (χ1) is 19.6. The lowest BCUT2D eigenvalue weighted by molar-refractivity contribution is -0.384. The number of sulfonamides is 1. The Kier molecular flexibility index (Phi) is 9.61. The number of benzene rings is 3. The number of amides is 2. The number of non-ortho nitro benzene ring substituents is 1. The van der Waals surface area contributed by atoms with E-state index in [0.717, 1.165) is 36.1 Å². The lowest BCUT2D eigenvalue weighted by atomic mass is 10.1. The number of nitro groups is 1. The molecule has 1 N–H and O–H groups in total. The van der Waals surface area contributed by atoms with Gasteiger partial charge in [0.25, 0.3) is 15.7 Å². The molecule has 1 aliphatic rings. The number of halogens is 1. The minimum absolute atomic E-state index is 0.0158. The molecule has 0 radical (unpaired) electrons. The molecule has 0 unspecified atom stereocenters. The summed E-state index contributed by atoms with van der Waals surface area (Å²) < 4.78 is 28.4. The van der Waals surface area contributed by atoms with E-state index in [9.17, 15) is 28.1 Å². The maximum absolute atomic E-state index is 14.0. The molecule has 3 aromatic rings. The van der Waals surface area contributed by atoms with Gasteiger partial charge in [0.15, 0.2) is 0 Å². The van der Waals surface area contributed by atoms with Gasteiger partial charge in [-0.3, -0.25) is 24.0 Å². The highest BCUT2D eigenvalue weighted by Gasteiger charge is 2.34. The number of nitrogens with zero attached hydrogens (tertiary/aromatic N) is 3. The van der Waals surface area contributed by atoms with Gasteiger partial charge in [-0.05, 0) is 49.6 Å². The summed E-state index contributed by atoms with van der Waals surface area (Å²) >= 11 is 6.39. The number of nitrogens with one attached hydrogen (secondary N) is 1. The Bertz CT molecular complexity index is 1510. The van der Waals surface area contributed by atoms with Crippen molar-refractivity contribution in [2.45, 2.75) is 56.1 Å². The average molecular weight is 599 g/mol. The fourth-order valence-corrected chi connectivity index (χ4v) is 6.42. The first-order valence-corrected chi connectivity index (χ1v) is 15.0. The molecule has 10 nitrogen and oxygen atoms in total. The second-order valence-corrected chi connectivity index (χ2v) is 12.2. The van der Waals surface area contributed by atoms with Crippen molar-refractivity contribution in [2.75, 3.05) is 10.8 Å². The van der Waals surface area contributed by atoms with Crippen molar-refractivity contribution >= 4 is 44.8 Å². The third kappa shape index (κ3) is 7.22. The molecule has 0 heterocycles. The molecule has 216 valence electrons. The second-order valence-electron chi connectivity index (χ2n) is 9.88. The zero-order chi connectivity index (χ0) is 29.6. The predicted molar refractivity (Wildman–Crippen MR) is 156 cm³/mol. The van der Waals surface area contributed by atoms with Gasteiger partial charge in [-0.2, -0.15) is 0 Å². The van der Waals surface area contributed by atoms with Crippen LogP contribution in [0.4, 0.5) is 11.4 Å². The van der Waals surface area contributed by atoms with E-state index < -0.39 is 33.4 Å². The summed E-state index contributed by atoms with van der Waals surface area (Å²) in [5.74, 6) is -1.03. The Hall–Kier alpha value is -3.96. The molecule has 4 rings (SSSR count). The third-order valence-corrected chi connectivity index (χ3v) is 9.26. The molecular formula is C29H31ClN4O6S. The van der Waals surface area contributed by atoms with Crippen molar-refractivity contribution < 1.29 is 22.9 Å². The van der Waals surface area contributed by atoms with Crippen LogP contribution in [0.25, 0.3) is 0 Å². The largest absolute Gasteiger partial charge is 0.352 e. The minimum atomic E-state index is -4.33. The summed E-state index contributed by atoms with van der Waals surface area (Å²) in [5, 5.41) is 14.9. The summed E-state index contributed by atoms with van der Waals surface area (Å²) in [6, 6.07) is 18.5. The lowest BCUT2D eigenvalue weighted by Gasteiger charge is -2.32. The predicted octanol–water partition coefficient (Wildman–Crippen LogP) is 4.92. The van der Waals surface area contributed by atoms with Gasteiger partial charge in [-0.15, -0.1) is 0 Å². The van der Waals surface area contributed by atoms with E-state index >= 15 is 0 Å². The molecular weight excluding hydrogens is 568 g/mol. The van der Waals surface area contributed by atoms with E-state index in [1.165, 1.54) is 35.2 Å². The van der Waals surface area contributed by atoms with Crippen LogP contribution in [-0.2, 0) is 26.2 Å². The quantitative estimate of drug-likeness (QED) is 0.246. The summed E-state index contributed by atoms with van der Waals surface area (Å²) in [7, 11) is -4.33. The lowest BCUT2D eigenvalue weighted by Crippen LogP contribution is -2.52. The molecule has 3 aromatic carbocycles. The molecule has 0 saturated heterocycles. The van der Waals surface area contributed by atoms with Gasteiger partial charge in [-0.1, -0.05) is 66.9 Å². The zero-order valence-corrected chi connectivity index (χ0v) is 24.1. The Labute approximate surface area is 244 Å². The molecule has 1 aliphatic carbocycles. The van der Waals surface area contributed by atoms with E-state index in [2.05, 4.69) is 5.32 Å². The van der Waals surface area contributed by atoms with E-state index in [4.69, 9.17) is 11.6 Å². The second kappa shape index (κ2) is 13.1. The molecule has 0 aromatic heterocycles. The van der Waals surface area contributed by atoms with Gasteiger partial charge in [0.05, 0.1) is 15.5 Å². The van der Waals surface area contributed by atoms with Crippen LogP contribution in [-0.4, -0.2) is 48.7 Å². The SMILES string of the molecule is C[C@H](C(=O)NC1CCCC1)N(Cc1ccccc1Cl)C(=O)CN(c1cccc([N+](=O)[O-])c1)S(=O)(=O)c1ccccc1. The minimum Gasteiger partial charge on any atom is -0.352 e.